The summed E-state index contributed by atoms with van der Waals surface area (Å²) in [6.45, 7) is 6.29. The van der Waals surface area contributed by atoms with E-state index in [1.807, 2.05) is 0 Å². The minimum Gasteiger partial charge on any atom is -0.465 e. The number of amides is 5. The molecule has 1 aromatic rings. The Labute approximate surface area is 220 Å². The van der Waals surface area contributed by atoms with Crippen molar-refractivity contribution in [2.75, 3.05) is 6.54 Å². The van der Waals surface area contributed by atoms with Crippen LogP contribution in [0.2, 0.25) is 0 Å². The Kier molecular flexibility index (Phi) is 12.9. The van der Waals surface area contributed by atoms with Crippen LogP contribution in [0.5, 0.6) is 0 Å². The van der Waals surface area contributed by atoms with Gasteiger partial charge in [-0.15, -0.1) is 0 Å². The number of hydrogen-bond acceptors (Lipinski definition) is 6. The Morgan fingerprint density at radius 3 is 2.18 bits per heavy atom. The maximum Gasteiger partial charge on any atom is 0.405 e. The lowest BCUT2D eigenvalue weighted by Gasteiger charge is -2.26. The van der Waals surface area contributed by atoms with Gasteiger partial charge in [0.15, 0.2) is 0 Å². The Morgan fingerprint density at radius 1 is 1.00 bits per heavy atom. The molecule has 38 heavy (non-hydrogen) atoms. The van der Waals surface area contributed by atoms with E-state index in [4.69, 9.17) is 10.8 Å². The van der Waals surface area contributed by atoms with Crippen molar-refractivity contribution in [1.29, 1.82) is 0 Å². The minimum atomic E-state index is -1.41. The predicted octanol–water partition coefficient (Wildman–Crippen LogP) is 0.237. The second-order valence-electron chi connectivity index (χ2n) is 9.41. The molecule has 0 saturated carbocycles. The number of rotatable bonds is 15. The van der Waals surface area contributed by atoms with Crippen molar-refractivity contribution in [2.24, 2.45) is 17.6 Å². The van der Waals surface area contributed by atoms with Gasteiger partial charge in [-0.1, -0.05) is 46.2 Å². The molecule has 0 aliphatic rings. The summed E-state index contributed by atoms with van der Waals surface area (Å²) in [5.74, 6) is -5.69. The average molecular weight is 538 g/mol. The molecule has 0 aliphatic heterocycles. The van der Waals surface area contributed by atoms with Gasteiger partial charge in [0.2, 0.25) is 23.5 Å². The fourth-order valence-electron chi connectivity index (χ4n) is 3.56. The van der Waals surface area contributed by atoms with Crippen molar-refractivity contribution in [1.82, 2.24) is 21.3 Å². The van der Waals surface area contributed by atoms with E-state index in [1.54, 1.807) is 33.8 Å². The van der Waals surface area contributed by atoms with E-state index in [-0.39, 0.29) is 18.8 Å². The molecule has 5 amide bonds. The summed E-state index contributed by atoms with van der Waals surface area (Å²) in [5.41, 5.74) is 5.73. The Hall–Kier alpha value is -4.03. The number of ketones is 1. The summed E-state index contributed by atoms with van der Waals surface area (Å²) in [5, 5.41) is 18.1. The Balaban J connectivity index is 2.83. The van der Waals surface area contributed by atoms with Crippen LogP contribution in [-0.2, 0) is 30.4 Å². The summed E-state index contributed by atoms with van der Waals surface area (Å²) in [6, 6.07) is 1.79. The number of carbonyl (C=O) groups excluding carboxylic acids is 5. The van der Waals surface area contributed by atoms with Gasteiger partial charge in [-0.3, -0.25) is 24.0 Å². The lowest BCUT2D eigenvalue weighted by atomic mass is 9.94. The van der Waals surface area contributed by atoms with Gasteiger partial charge in [-0.05, 0) is 36.0 Å². The number of hydrogen-bond donors (Lipinski definition) is 6. The lowest BCUT2D eigenvalue weighted by Crippen LogP contribution is -2.56. The molecule has 210 valence electrons. The molecule has 0 radical (unpaired) electrons. The SMILES string of the molecule is CC[C@H](C)C(NC(=O)[C@H](CC(C)C)NC(=O)O)C(=O)C(=O)NCC(=O)N[C@@H](Cc1cccc(F)c1)C(N)=O. The first-order valence-corrected chi connectivity index (χ1v) is 12.2. The topological polar surface area (TPSA) is 197 Å². The summed E-state index contributed by atoms with van der Waals surface area (Å²) >= 11 is 0. The van der Waals surface area contributed by atoms with Crippen LogP contribution in [0.3, 0.4) is 0 Å². The highest BCUT2D eigenvalue weighted by molar-refractivity contribution is 6.38. The zero-order valence-corrected chi connectivity index (χ0v) is 21.9. The quantitative estimate of drug-likeness (QED) is 0.172. The molecule has 0 saturated heterocycles. The van der Waals surface area contributed by atoms with E-state index < -0.39 is 71.9 Å². The Morgan fingerprint density at radius 2 is 1.66 bits per heavy atom. The highest BCUT2D eigenvalue weighted by atomic mass is 19.1. The zero-order chi connectivity index (χ0) is 29.0. The largest absolute Gasteiger partial charge is 0.465 e. The number of nitrogens with one attached hydrogen (secondary N) is 4. The van der Waals surface area contributed by atoms with E-state index in [1.165, 1.54) is 18.2 Å². The summed E-state index contributed by atoms with van der Waals surface area (Å²) in [4.78, 5) is 73.3. The first-order valence-electron chi connectivity index (χ1n) is 12.2. The normalized spacial score (nSPS) is 13.9. The van der Waals surface area contributed by atoms with Crippen LogP contribution in [-0.4, -0.2) is 65.3 Å². The molecule has 4 atom stereocenters. The van der Waals surface area contributed by atoms with Gasteiger partial charge < -0.3 is 32.1 Å². The third kappa shape index (κ3) is 10.9. The molecule has 0 heterocycles. The molecule has 1 unspecified atom stereocenters. The molecule has 1 aromatic carbocycles. The zero-order valence-electron chi connectivity index (χ0n) is 21.9. The van der Waals surface area contributed by atoms with E-state index in [2.05, 4.69) is 21.3 Å². The minimum absolute atomic E-state index is 0.0395. The summed E-state index contributed by atoms with van der Waals surface area (Å²) < 4.78 is 13.4. The van der Waals surface area contributed by atoms with Crippen molar-refractivity contribution in [3.63, 3.8) is 0 Å². The molecule has 7 N–H and O–H groups in total. The molecular weight excluding hydrogens is 501 g/mol. The van der Waals surface area contributed by atoms with Crippen LogP contribution in [0, 0.1) is 17.7 Å². The molecule has 13 heteroatoms. The number of primary amides is 1. The highest BCUT2D eigenvalue weighted by Crippen LogP contribution is 2.12. The van der Waals surface area contributed by atoms with Gasteiger partial charge in [-0.25, -0.2) is 9.18 Å². The van der Waals surface area contributed by atoms with Gasteiger partial charge in [0.25, 0.3) is 5.91 Å². The highest BCUT2D eigenvalue weighted by Gasteiger charge is 2.33. The molecule has 0 fully saturated rings. The van der Waals surface area contributed by atoms with E-state index in [0.29, 0.717) is 12.0 Å². The number of halogens is 1. The first-order chi connectivity index (χ1) is 17.7. The number of nitrogens with two attached hydrogens (primary N) is 1. The van der Waals surface area contributed by atoms with Crippen molar-refractivity contribution in [3.05, 3.63) is 35.6 Å². The molecule has 0 aromatic heterocycles. The van der Waals surface area contributed by atoms with Crippen LogP contribution in [0.4, 0.5) is 9.18 Å². The third-order valence-corrected chi connectivity index (χ3v) is 5.76. The molecular formula is C25H36FN5O7. The number of benzene rings is 1. The third-order valence-electron chi connectivity index (χ3n) is 5.76. The monoisotopic (exact) mass is 537 g/mol. The van der Waals surface area contributed by atoms with Crippen LogP contribution in [0.1, 0.15) is 46.1 Å². The van der Waals surface area contributed by atoms with Crippen molar-refractivity contribution in [3.8, 4) is 0 Å². The van der Waals surface area contributed by atoms with Crippen molar-refractivity contribution >= 4 is 35.5 Å². The second-order valence-corrected chi connectivity index (χ2v) is 9.41. The van der Waals surface area contributed by atoms with E-state index in [0.717, 1.165) is 0 Å². The fraction of sp³-hybridized carbons (Fsp3) is 0.520. The predicted molar refractivity (Wildman–Crippen MR) is 135 cm³/mol. The van der Waals surface area contributed by atoms with Gasteiger partial charge in [-0.2, -0.15) is 0 Å². The second kappa shape index (κ2) is 15.3. The Bertz CT molecular complexity index is 1030. The van der Waals surface area contributed by atoms with Gasteiger partial charge in [0.1, 0.15) is 17.9 Å². The lowest BCUT2D eigenvalue weighted by molar-refractivity contribution is -0.141. The molecule has 0 aliphatic carbocycles. The van der Waals surface area contributed by atoms with Crippen LogP contribution >= 0.6 is 0 Å². The van der Waals surface area contributed by atoms with Gasteiger partial charge in [0, 0.05) is 6.42 Å². The number of carbonyl (C=O) groups is 6. The van der Waals surface area contributed by atoms with Crippen LogP contribution < -0.4 is 27.0 Å². The fourth-order valence-corrected chi connectivity index (χ4v) is 3.56. The number of carboxylic acid groups (broad SMARTS) is 1. The summed E-state index contributed by atoms with van der Waals surface area (Å²) in [7, 11) is 0. The molecule has 0 bridgehead atoms. The van der Waals surface area contributed by atoms with Crippen LogP contribution in [0.25, 0.3) is 0 Å². The average Bonchev–Trinajstić information content (AvgIpc) is 2.83. The smallest absolute Gasteiger partial charge is 0.405 e. The standard InChI is InChI=1S/C25H36FN5O7/c1-5-14(4)20(31-23(35)18(9-13(2)3)30-25(37)38)21(33)24(36)28-12-19(32)29-17(22(27)34)11-15-7-6-8-16(26)10-15/h6-8,10,13-14,17-18,20,30H,5,9,11-12H2,1-4H3,(H2,27,34)(H,28,36)(H,29,32)(H,31,35)(H,37,38)/t14-,17-,18-,20?/m0/s1. The van der Waals surface area contributed by atoms with Crippen molar-refractivity contribution < 1.29 is 38.3 Å². The van der Waals surface area contributed by atoms with E-state index in [9.17, 15) is 33.2 Å². The van der Waals surface area contributed by atoms with Gasteiger partial charge in [0.05, 0.1) is 12.6 Å². The summed E-state index contributed by atoms with van der Waals surface area (Å²) in [6.07, 6.45) is -0.919. The maximum atomic E-state index is 13.4. The van der Waals surface area contributed by atoms with Crippen LogP contribution in [0.15, 0.2) is 24.3 Å². The first kappa shape index (κ1) is 32.0. The molecule has 0 spiro atoms. The molecule has 1 rings (SSSR count). The van der Waals surface area contributed by atoms with Crippen molar-refractivity contribution in [2.45, 2.75) is 65.1 Å². The molecule has 12 nitrogen and oxygen atoms in total. The van der Waals surface area contributed by atoms with E-state index >= 15 is 0 Å². The maximum absolute atomic E-state index is 13.4. The number of Topliss-reactive ketones (excluding diaryl/α,β-unsaturated/α-hetero) is 1. The van der Waals surface area contributed by atoms with Gasteiger partial charge >= 0.3 is 6.09 Å².